The number of para-hydroxylation sites is 2. The van der Waals surface area contributed by atoms with Crippen molar-refractivity contribution in [1.82, 2.24) is 10.3 Å². The molecule has 1 aromatic heterocycles. The normalized spacial score (nSPS) is 12.4. The molecular formula is C19H28N2O2. The third kappa shape index (κ3) is 5.70. The first-order valence-electron chi connectivity index (χ1n) is 8.84. The van der Waals surface area contributed by atoms with Crippen LogP contribution in [-0.4, -0.2) is 17.4 Å². The van der Waals surface area contributed by atoms with Crippen LogP contribution in [0.15, 0.2) is 28.7 Å². The molecular weight excluding hydrogens is 288 g/mol. The van der Waals surface area contributed by atoms with E-state index in [9.17, 15) is 4.79 Å². The van der Waals surface area contributed by atoms with Crippen LogP contribution in [0.4, 0.5) is 0 Å². The van der Waals surface area contributed by atoms with Crippen molar-refractivity contribution in [2.24, 2.45) is 5.92 Å². The number of aryl methyl sites for hydroxylation is 1. The number of fused-ring (bicyclic) bond motifs is 1. The van der Waals surface area contributed by atoms with Gasteiger partial charge in [0.1, 0.15) is 5.52 Å². The van der Waals surface area contributed by atoms with Crippen LogP contribution in [0.3, 0.4) is 0 Å². The molecule has 1 unspecified atom stereocenters. The Morgan fingerprint density at radius 2 is 2.09 bits per heavy atom. The van der Waals surface area contributed by atoms with Crippen LogP contribution in [0.25, 0.3) is 11.1 Å². The number of benzene rings is 1. The lowest BCUT2D eigenvalue weighted by Gasteiger charge is -2.15. The fourth-order valence-corrected chi connectivity index (χ4v) is 2.72. The maximum absolute atomic E-state index is 11.9. The summed E-state index contributed by atoms with van der Waals surface area (Å²) >= 11 is 0. The number of hydrogen-bond donors (Lipinski definition) is 1. The van der Waals surface area contributed by atoms with E-state index in [4.69, 9.17) is 4.42 Å². The van der Waals surface area contributed by atoms with Crippen LogP contribution in [-0.2, 0) is 11.2 Å². The zero-order valence-corrected chi connectivity index (χ0v) is 14.3. The number of carbonyl (C=O) groups is 1. The topological polar surface area (TPSA) is 55.1 Å². The summed E-state index contributed by atoms with van der Waals surface area (Å²) in [6, 6.07) is 7.74. The van der Waals surface area contributed by atoms with Gasteiger partial charge in [0.2, 0.25) is 5.91 Å². The molecule has 1 atom stereocenters. The molecule has 2 rings (SSSR count). The van der Waals surface area contributed by atoms with Crippen molar-refractivity contribution < 1.29 is 9.21 Å². The molecule has 0 bridgehead atoms. The predicted octanol–water partition coefficient (Wildman–Crippen LogP) is 4.48. The third-order valence-corrected chi connectivity index (χ3v) is 4.26. The van der Waals surface area contributed by atoms with Crippen molar-refractivity contribution in [3.05, 3.63) is 30.2 Å². The van der Waals surface area contributed by atoms with Gasteiger partial charge in [0.15, 0.2) is 11.5 Å². The quantitative estimate of drug-likeness (QED) is 0.703. The molecule has 0 aliphatic rings. The first kappa shape index (κ1) is 17.5. The highest BCUT2D eigenvalue weighted by Crippen LogP contribution is 2.16. The number of nitrogens with zero attached hydrogens (tertiary/aromatic N) is 1. The number of amides is 1. The molecule has 0 radical (unpaired) electrons. The number of nitrogens with one attached hydrogen (secondary N) is 1. The Bertz CT molecular complexity index is 573. The van der Waals surface area contributed by atoms with Gasteiger partial charge in [0.05, 0.1) is 0 Å². The molecule has 0 saturated carbocycles. The highest BCUT2D eigenvalue weighted by atomic mass is 16.3. The van der Waals surface area contributed by atoms with E-state index in [1.54, 1.807) is 0 Å². The van der Waals surface area contributed by atoms with Crippen LogP contribution in [0.1, 0.15) is 58.3 Å². The van der Waals surface area contributed by atoms with Crippen molar-refractivity contribution in [2.75, 3.05) is 6.54 Å². The van der Waals surface area contributed by atoms with Gasteiger partial charge in [0.25, 0.3) is 0 Å². The zero-order valence-electron chi connectivity index (χ0n) is 14.3. The number of aromatic nitrogens is 1. The summed E-state index contributed by atoms with van der Waals surface area (Å²) in [5, 5.41) is 3.07. The average Bonchev–Trinajstić information content (AvgIpc) is 2.97. The van der Waals surface area contributed by atoms with Gasteiger partial charge in [-0.05, 0) is 30.9 Å². The Labute approximate surface area is 138 Å². The number of carbonyl (C=O) groups excluding carboxylic acids is 1. The molecule has 1 N–H and O–H groups in total. The van der Waals surface area contributed by atoms with Crippen LogP contribution >= 0.6 is 0 Å². The summed E-state index contributed by atoms with van der Waals surface area (Å²) in [5.74, 6) is 1.46. The van der Waals surface area contributed by atoms with Crippen LogP contribution in [0.2, 0.25) is 0 Å². The summed E-state index contributed by atoms with van der Waals surface area (Å²) in [5.41, 5.74) is 1.70. The van der Waals surface area contributed by atoms with Crippen molar-refractivity contribution in [2.45, 2.75) is 58.8 Å². The monoisotopic (exact) mass is 316 g/mol. The van der Waals surface area contributed by atoms with Gasteiger partial charge < -0.3 is 9.73 Å². The molecule has 0 fully saturated rings. The minimum Gasteiger partial charge on any atom is -0.441 e. The van der Waals surface area contributed by atoms with Gasteiger partial charge in [-0.1, -0.05) is 45.2 Å². The number of unbranched alkanes of at least 4 members (excludes halogenated alkanes) is 1. The smallest absolute Gasteiger partial charge is 0.220 e. The maximum Gasteiger partial charge on any atom is 0.220 e. The molecule has 0 aliphatic carbocycles. The Kier molecular flexibility index (Phi) is 7.11. The second-order valence-corrected chi connectivity index (χ2v) is 6.15. The van der Waals surface area contributed by atoms with Crippen LogP contribution in [0.5, 0.6) is 0 Å². The minimum absolute atomic E-state index is 0.135. The molecule has 2 aromatic rings. The molecule has 1 aromatic carbocycles. The van der Waals surface area contributed by atoms with E-state index in [1.807, 2.05) is 24.3 Å². The van der Waals surface area contributed by atoms with Gasteiger partial charge in [-0.3, -0.25) is 4.79 Å². The third-order valence-electron chi connectivity index (χ3n) is 4.26. The Balaban J connectivity index is 1.68. The lowest BCUT2D eigenvalue weighted by atomic mass is 9.99. The second kappa shape index (κ2) is 9.33. The van der Waals surface area contributed by atoms with E-state index < -0.39 is 0 Å². The van der Waals surface area contributed by atoms with E-state index in [-0.39, 0.29) is 5.91 Å². The summed E-state index contributed by atoms with van der Waals surface area (Å²) < 4.78 is 5.67. The Morgan fingerprint density at radius 3 is 2.83 bits per heavy atom. The molecule has 23 heavy (non-hydrogen) atoms. The molecule has 0 aliphatic heterocycles. The maximum atomic E-state index is 11.9. The van der Waals surface area contributed by atoms with Gasteiger partial charge in [-0.25, -0.2) is 4.98 Å². The average molecular weight is 316 g/mol. The highest BCUT2D eigenvalue weighted by molar-refractivity contribution is 5.75. The zero-order chi connectivity index (χ0) is 16.5. The van der Waals surface area contributed by atoms with Gasteiger partial charge in [-0.15, -0.1) is 0 Å². The van der Waals surface area contributed by atoms with E-state index in [0.717, 1.165) is 30.5 Å². The lowest BCUT2D eigenvalue weighted by Crippen LogP contribution is -2.29. The van der Waals surface area contributed by atoms with Crippen molar-refractivity contribution >= 4 is 17.0 Å². The van der Waals surface area contributed by atoms with E-state index in [1.165, 1.54) is 19.3 Å². The van der Waals surface area contributed by atoms with Crippen LogP contribution < -0.4 is 5.32 Å². The van der Waals surface area contributed by atoms with Gasteiger partial charge in [-0.2, -0.15) is 0 Å². The minimum atomic E-state index is 0.135. The first-order chi connectivity index (χ1) is 11.2. The molecule has 4 nitrogen and oxygen atoms in total. The molecule has 1 amide bonds. The first-order valence-corrected chi connectivity index (χ1v) is 8.84. The molecule has 1 heterocycles. The standard InChI is InChI=1S/C19H28N2O2/c1-3-5-9-15(4-2)14-20-18(22)12-8-13-19-21-16-10-6-7-11-17(16)23-19/h6-7,10-11,15H,3-5,8-9,12-14H2,1-2H3,(H,20,22). The SMILES string of the molecule is CCCCC(CC)CNC(=O)CCCc1nc2ccccc2o1. The van der Waals surface area contributed by atoms with Crippen LogP contribution in [0, 0.1) is 5.92 Å². The van der Waals surface area contributed by atoms with E-state index >= 15 is 0 Å². The summed E-state index contributed by atoms with van der Waals surface area (Å²) in [4.78, 5) is 16.4. The van der Waals surface area contributed by atoms with E-state index in [0.29, 0.717) is 24.7 Å². The fraction of sp³-hybridized carbons (Fsp3) is 0.579. The fourth-order valence-electron chi connectivity index (χ4n) is 2.72. The van der Waals surface area contributed by atoms with Gasteiger partial charge >= 0.3 is 0 Å². The summed E-state index contributed by atoms with van der Waals surface area (Å²) in [7, 11) is 0. The number of rotatable bonds is 10. The van der Waals surface area contributed by atoms with Crippen molar-refractivity contribution in [3.8, 4) is 0 Å². The van der Waals surface area contributed by atoms with E-state index in [2.05, 4.69) is 24.1 Å². The lowest BCUT2D eigenvalue weighted by molar-refractivity contribution is -0.121. The molecule has 0 saturated heterocycles. The molecule has 0 spiro atoms. The Morgan fingerprint density at radius 1 is 1.26 bits per heavy atom. The Hall–Kier alpha value is -1.84. The molecule has 126 valence electrons. The van der Waals surface area contributed by atoms with Crippen molar-refractivity contribution in [3.63, 3.8) is 0 Å². The summed E-state index contributed by atoms with van der Waals surface area (Å²) in [6.07, 6.45) is 6.79. The largest absolute Gasteiger partial charge is 0.441 e. The molecule has 4 heteroatoms. The highest BCUT2D eigenvalue weighted by Gasteiger charge is 2.09. The second-order valence-electron chi connectivity index (χ2n) is 6.15. The number of hydrogen-bond acceptors (Lipinski definition) is 3. The van der Waals surface area contributed by atoms with Gasteiger partial charge in [0, 0.05) is 19.4 Å². The van der Waals surface area contributed by atoms with Crippen molar-refractivity contribution in [1.29, 1.82) is 0 Å². The number of oxazole rings is 1. The predicted molar refractivity (Wildman–Crippen MR) is 93.3 cm³/mol. The summed E-state index contributed by atoms with van der Waals surface area (Å²) in [6.45, 7) is 5.20.